The number of nitrogens with zero attached hydrogens (tertiary/aromatic N) is 2. The molecule has 2 aromatic heterocycles. The average molecular weight is 247 g/mol. The molecule has 0 unspecified atom stereocenters. The number of aromatic nitrogens is 2. The zero-order valence-corrected chi connectivity index (χ0v) is 10.1. The zero-order valence-electron chi connectivity index (χ0n) is 9.27. The zero-order chi connectivity index (χ0) is 12.3. The fourth-order valence-corrected chi connectivity index (χ4v) is 1.78. The minimum atomic E-state index is -0.151. The van der Waals surface area contributed by atoms with Gasteiger partial charge in [0.1, 0.15) is 5.76 Å². The van der Waals surface area contributed by atoms with Gasteiger partial charge in [0.25, 0.3) is 5.89 Å². The Morgan fingerprint density at radius 3 is 2.88 bits per heavy atom. The topological polar surface area (TPSA) is 68.0 Å². The van der Waals surface area contributed by atoms with Gasteiger partial charge in [-0.05, 0) is 18.8 Å². The lowest BCUT2D eigenvalue weighted by atomic mass is 10.5. The van der Waals surface area contributed by atoms with Gasteiger partial charge < -0.3 is 9.73 Å². The summed E-state index contributed by atoms with van der Waals surface area (Å²) in [6, 6.07) is 0. The highest BCUT2D eigenvalue weighted by Crippen LogP contribution is 2.16. The summed E-state index contributed by atoms with van der Waals surface area (Å²) in [5.41, 5.74) is 0. The van der Waals surface area contributed by atoms with Crippen LogP contribution in [0.2, 0.25) is 0 Å². The third-order valence-corrected chi connectivity index (χ3v) is 2.53. The molecule has 0 atom stereocenters. The summed E-state index contributed by atoms with van der Waals surface area (Å²) in [5, 5.41) is 3.12. The van der Waals surface area contributed by atoms with Crippen LogP contribution in [0, 0.1) is 18.8 Å². The van der Waals surface area contributed by atoms with E-state index in [1.165, 1.54) is 18.3 Å². The van der Waals surface area contributed by atoms with E-state index in [0.29, 0.717) is 11.0 Å². The van der Waals surface area contributed by atoms with Crippen LogP contribution >= 0.6 is 11.3 Å². The molecule has 0 aromatic carbocycles. The van der Waals surface area contributed by atoms with E-state index in [0.717, 1.165) is 10.6 Å². The van der Waals surface area contributed by atoms with Crippen molar-refractivity contribution in [3.8, 4) is 11.8 Å². The van der Waals surface area contributed by atoms with Gasteiger partial charge in [-0.2, -0.15) is 0 Å². The molecule has 2 heterocycles. The summed E-state index contributed by atoms with van der Waals surface area (Å²) in [6.45, 7) is 3.24. The molecule has 0 radical (unpaired) electrons. The highest BCUT2D eigenvalue weighted by molar-refractivity contribution is 7.16. The van der Waals surface area contributed by atoms with Crippen LogP contribution in [0.15, 0.2) is 16.8 Å². The number of rotatable bonds is 1. The largest absolute Gasteiger partial charge is 0.435 e. The second-order valence-electron chi connectivity index (χ2n) is 3.24. The smallest absolute Gasteiger partial charge is 0.273 e. The molecule has 17 heavy (non-hydrogen) atoms. The van der Waals surface area contributed by atoms with Gasteiger partial charge in [-0.15, -0.1) is 0 Å². The van der Waals surface area contributed by atoms with Crippen LogP contribution in [-0.4, -0.2) is 15.9 Å². The predicted octanol–water partition coefficient (Wildman–Crippen LogP) is 1.80. The van der Waals surface area contributed by atoms with E-state index in [2.05, 4.69) is 27.1 Å². The molecule has 2 aromatic rings. The van der Waals surface area contributed by atoms with Crippen molar-refractivity contribution in [1.29, 1.82) is 0 Å². The maximum Gasteiger partial charge on any atom is 0.273 e. The minimum Gasteiger partial charge on any atom is -0.435 e. The molecule has 0 fully saturated rings. The van der Waals surface area contributed by atoms with Crippen molar-refractivity contribution in [3.63, 3.8) is 0 Å². The van der Waals surface area contributed by atoms with Crippen molar-refractivity contribution in [2.24, 2.45) is 0 Å². The number of thiazole rings is 1. The third-order valence-electron chi connectivity index (χ3n) is 1.70. The van der Waals surface area contributed by atoms with Crippen molar-refractivity contribution in [2.45, 2.75) is 13.8 Å². The quantitative estimate of drug-likeness (QED) is 0.780. The van der Waals surface area contributed by atoms with Gasteiger partial charge in [0.15, 0.2) is 5.13 Å². The molecule has 0 aliphatic carbocycles. The van der Waals surface area contributed by atoms with Crippen LogP contribution in [0.4, 0.5) is 5.13 Å². The van der Waals surface area contributed by atoms with Crippen LogP contribution in [0.25, 0.3) is 0 Å². The predicted molar refractivity (Wildman–Crippen MR) is 63.6 cm³/mol. The molecule has 5 nitrogen and oxygen atoms in total. The molecule has 0 bridgehead atoms. The Kier molecular flexibility index (Phi) is 3.21. The lowest BCUT2D eigenvalue weighted by molar-refractivity contribution is -0.114. The molecule has 0 saturated carbocycles. The van der Waals surface area contributed by atoms with Crippen molar-refractivity contribution in [3.05, 3.63) is 28.9 Å². The van der Waals surface area contributed by atoms with Gasteiger partial charge >= 0.3 is 0 Å². The molecule has 1 amide bonds. The molecular weight excluding hydrogens is 238 g/mol. The number of hydrogen-bond acceptors (Lipinski definition) is 5. The Bertz CT molecular complexity index is 604. The van der Waals surface area contributed by atoms with Gasteiger partial charge in [-0.3, -0.25) is 4.79 Å². The molecule has 86 valence electrons. The Labute approximate surface area is 102 Å². The highest BCUT2D eigenvalue weighted by Gasteiger charge is 2.01. The number of hydrogen-bond donors (Lipinski definition) is 1. The molecule has 0 aliphatic heterocycles. The fraction of sp³-hybridized carbons (Fsp3) is 0.182. The molecule has 0 aliphatic rings. The minimum absolute atomic E-state index is 0.151. The molecule has 0 saturated heterocycles. The normalized spacial score (nSPS) is 9.53. The first-order valence-electron chi connectivity index (χ1n) is 4.81. The van der Waals surface area contributed by atoms with Crippen LogP contribution in [0.5, 0.6) is 0 Å². The van der Waals surface area contributed by atoms with Crippen molar-refractivity contribution in [2.75, 3.05) is 5.32 Å². The number of carbonyl (C=O) groups is 1. The van der Waals surface area contributed by atoms with Gasteiger partial charge in [0.05, 0.1) is 17.3 Å². The SMILES string of the molecule is CC(=O)Nc1ncc(C#Cc2ncc(C)o2)s1. The van der Waals surface area contributed by atoms with Gasteiger partial charge in [-0.25, -0.2) is 9.97 Å². The van der Waals surface area contributed by atoms with Crippen LogP contribution in [0.3, 0.4) is 0 Å². The molecule has 0 spiro atoms. The number of nitrogens with one attached hydrogen (secondary N) is 1. The lowest BCUT2D eigenvalue weighted by Crippen LogP contribution is -2.04. The average Bonchev–Trinajstić information content (AvgIpc) is 2.84. The van der Waals surface area contributed by atoms with Crippen molar-refractivity contribution >= 4 is 22.4 Å². The van der Waals surface area contributed by atoms with Crippen LogP contribution < -0.4 is 5.32 Å². The Balaban J connectivity index is 2.11. The maximum atomic E-state index is 10.8. The summed E-state index contributed by atoms with van der Waals surface area (Å²) in [5.74, 6) is 6.59. The Hall–Kier alpha value is -2.13. The van der Waals surface area contributed by atoms with E-state index >= 15 is 0 Å². The molecule has 6 heteroatoms. The standard InChI is InChI=1S/C11H9N3O2S/c1-7-5-12-10(16-7)4-3-9-6-13-11(17-9)14-8(2)15/h5-6H,1-2H3,(H,13,14,15). The lowest BCUT2D eigenvalue weighted by Gasteiger charge is -1.91. The van der Waals surface area contributed by atoms with Gasteiger partial charge in [-0.1, -0.05) is 11.3 Å². The first-order chi connectivity index (χ1) is 8.13. The maximum absolute atomic E-state index is 10.8. The summed E-state index contributed by atoms with van der Waals surface area (Å²) < 4.78 is 5.21. The number of carbonyl (C=O) groups excluding carboxylic acids is 1. The number of aryl methyl sites for hydroxylation is 1. The van der Waals surface area contributed by atoms with E-state index < -0.39 is 0 Å². The summed E-state index contributed by atoms with van der Waals surface area (Å²) in [6.07, 6.45) is 3.21. The first kappa shape index (κ1) is 11.4. The Morgan fingerprint density at radius 1 is 1.41 bits per heavy atom. The fourth-order valence-electron chi connectivity index (χ4n) is 1.07. The number of oxazole rings is 1. The van der Waals surface area contributed by atoms with Crippen molar-refractivity contribution in [1.82, 2.24) is 9.97 Å². The van der Waals surface area contributed by atoms with Gasteiger partial charge in [0.2, 0.25) is 5.91 Å². The van der Waals surface area contributed by atoms with E-state index in [1.807, 2.05) is 0 Å². The molecular formula is C11H9N3O2S. The monoisotopic (exact) mass is 247 g/mol. The number of anilines is 1. The van der Waals surface area contributed by atoms with E-state index in [4.69, 9.17) is 4.42 Å². The first-order valence-corrected chi connectivity index (χ1v) is 5.63. The molecule has 1 N–H and O–H groups in total. The van der Waals surface area contributed by atoms with E-state index in [1.54, 1.807) is 19.3 Å². The molecule has 2 rings (SSSR count). The van der Waals surface area contributed by atoms with E-state index in [9.17, 15) is 4.79 Å². The Morgan fingerprint density at radius 2 is 2.24 bits per heavy atom. The summed E-state index contributed by atoms with van der Waals surface area (Å²) in [4.78, 5) is 19.5. The van der Waals surface area contributed by atoms with Crippen LogP contribution in [0.1, 0.15) is 23.5 Å². The second kappa shape index (κ2) is 4.80. The van der Waals surface area contributed by atoms with Gasteiger partial charge in [0, 0.05) is 6.92 Å². The summed E-state index contributed by atoms with van der Waals surface area (Å²) >= 11 is 1.30. The third kappa shape index (κ3) is 3.16. The highest BCUT2D eigenvalue weighted by atomic mass is 32.1. The van der Waals surface area contributed by atoms with E-state index in [-0.39, 0.29) is 5.91 Å². The summed E-state index contributed by atoms with van der Waals surface area (Å²) in [7, 11) is 0. The van der Waals surface area contributed by atoms with Crippen molar-refractivity contribution < 1.29 is 9.21 Å². The number of amides is 1. The second-order valence-corrected chi connectivity index (χ2v) is 4.27. The van der Waals surface area contributed by atoms with Crippen LogP contribution in [-0.2, 0) is 4.79 Å².